The third kappa shape index (κ3) is 3.07. The second kappa shape index (κ2) is 5.82. The predicted octanol–water partition coefficient (Wildman–Crippen LogP) is 3.17. The van der Waals surface area contributed by atoms with Crippen molar-refractivity contribution in [3.8, 4) is 0 Å². The van der Waals surface area contributed by atoms with Crippen LogP contribution in [0.3, 0.4) is 0 Å². The summed E-state index contributed by atoms with van der Waals surface area (Å²) in [6.45, 7) is 11.0. The molecule has 0 amide bonds. The van der Waals surface area contributed by atoms with Crippen molar-refractivity contribution in [1.82, 2.24) is 0 Å². The van der Waals surface area contributed by atoms with Crippen LogP contribution in [-0.4, -0.2) is 13.1 Å². The highest BCUT2D eigenvalue weighted by atomic mass is 19.1. The highest BCUT2D eigenvalue weighted by molar-refractivity contribution is 5.57. The second-order valence-electron chi connectivity index (χ2n) is 4.28. The second-order valence-corrected chi connectivity index (χ2v) is 4.28. The van der Waals surface area contributed by atoms with Crippen LogP contribution in [0.4, 0.5) is 10.1 Å². The Labute approximate surface area is 103 Å². The molecule has 1 aromatic carbocycles. The Morgan fingerprint density at radius 1 is 1.53 bits per heavy atom. The van der Waals surface area contributed by atoms with Gasteiger partial charge in [0.25, 0.3) is 0 Å². The lowest BCUT2D eigenvalue weighted by molar-refractivity contribution is 0.612. The summed E-state index contributed by atoms with van der Waals surface area (Å²) in [5, 5.41) is 0. The Bertz CT molecular complexity index is 399. The van der Waals surface area contributed by atoms with Gasteiger partial charge in [-0.3, -0.25) is 0 Å². The molecule has 0 spiro atoms. The van der Waals surface area contributed by atoms with Gasteiger partial charge < -0.3 is 10.6 Å². The van der Waals surface area contributed by atoms with E-state index in [1.165, 1.54) is 0 Å². The van der Waals surface area contributed by atoms with E-state index in [1.807, 2.05) is 19.1 Å². The number of nitrogens with zero attached hydrogens (tertiary/aromatic N) is 1. The van der Waals surface area contributed by atoms with E-state index in [1.54, 1.807) is 13.0 Å². The molecule has 94 valence electrons. The van der Waals surface area contributed by atoms with Crippen molar-refractivity contribution in [2.75, 3.05) is 18.0 Å². The van der Waals surface area contributed by atoms with Crippen LogP contribution in [0.2, 0.25) is 0 Å². The largest absolute Gasteiger partial charge is 0.368 e. The molecule has 1 aromatic rings. The van der Waals surface area contributed by atoms with Crippen LogP contribution >= 0.6 is 0 Å². The first-order chi connectivity index (χ1) is 8.01. The van der Waals surface area contributed by atoms with Gasteiger partial charge in [-0.15, -0.1) is 6.58 Å². The SMILES string of the molecule is C=CCN(CC)c1cc(C)c(F)cc1[C@H](C)N. The molecule has 2 nitrogen and oxygen atoms in total. The van der Waals surface area contributed by atoms with Crippen molar-refractivity contribution < 1.29 is 4.39 Å². The number of nitrogens with two attached hydrogens (primary N) is 1. The third-order valence-corrected chi connectivity index (χ3v) is 2.87. The van der Waals surface area contributed by atoms with Crippen LogP contribution in [0, 0.1) is 12.7 Å². The Morgan fingerprint density at radius 2 is 2.18 bits per heavy atom. The molecular weight excluding hydrogens is 215 g/mol. The first-order valence-corrected chi connectivity index (χ1v) is 5.92. The van der Waals surface area contributed by atoms with Gasteiger partial charge in [0.05, 0.1) is 0 Å². The van der Waals surface area contributed by atoms with Gasteiger partial charge in [0.2, 0.25) is 0 Å². The van der Waals surface area contributed by atoms with Gasteiger partial charge in [0.1, 0.15) is 5.82 Å². The first kappa shape index (κ1) is 13.7. The minimum absolute atomic E-state index is 0.182. The lowest BCUT2D eigenvalue weighted by atomic mass is 10.0. The molecule has 1 rings (SSSR count). The predicted molar refractivity (Wildman–Crippen MR) is 71.8 cm³/mol. The molecule has 0 saturated heterocycles. The van der Waals surface area contributed by atoms with E-state index >= 15 is 0 Å². The molecule has 0 aliphatic heterocycles. The van der Waals surface area contributed by atoms with Gasteiger partial charge in [0.15, 0.2) is 0 Å². The van der Waals surface area contributed by atoms with E-state index in [0.717, 1.165) is 24.3 Å². The number of hydrogen-bond acceptors (Lipinski definition) is 2. The van der Waals surface area contributed by atoms with Crippen molar-refractivity contribution in [1.29, 1.82) is 0 Å². The monoisotopic (exact) mass is 236 g/mol. The number of anilines is 1. The van der Waals surface area contributed by atoms with Crippen molar-refractivity contribution >= 4 is 5.69 Å². The quantitative estimate of drug-likeness (QED) is 0.796. The van der Waals surface area contributed by atoms with Crippen molar-refractivity contribution in [3.63, 3.8) is 0 Å². The van der Waals surface area contributed by atoms with Crippen molar-refractivity contribution in [2.45, 2.75) is 26.8 Å². The van der Waals surface area contributed by atoms with Crippen LogP contribution in [-0.2, 0) is 0 Å². The van der Waals surface area contributed by atoms with Gasteiger partial charge >= 0.3 is 0 Å². The van der Waals surface area contributed by atoms with E-state index in [0.29, 0.717) is 5.56 Å². The fourth-order valence-corrected chi connectivity index (χ4v) is 1.87. The zero-order valence-corrected chi connectivity index (χ0v) is 10.8. The lowest BCUT2D eigenvalue weighted by Gasteiger charge is -2.26. The van der Waals surface area contributed by atoms with Crippen LogP contribution < -0.4 is 10.6 Å². The van der Waals surface area contributed by atoms with Gasteiger partial charge in [-0.1, -0.05) is 6.08 Å². The number of likely N-dealkylation sites (N-methyl/N-ethyl adjacent to an activating group) is 1. The average Bonchev–Trinajstić information content (AvgIpc) is 2.29. The van der Waals surface area contributed by atoms with E-state index in [9.17, 15) is 4.39 Å². The molecule has 0 aromatic heterocycles. The summed E-state index contributed by atoms with van der Waals surface area (Å²) < 4.78 is 13.6. The smallest absolute Gasteiger partial charge is 0.126 e. The maximum Gasteiger partial charge on any atom is 0.126 e. The Balaban J connectivity index is 3.28. The normalized spacial score (nSPS) is 12.3. The third-order valence-electron chi connectivity index (χ3n) is 2.87. The maximum absolute atomic E-state index is 13.6. The number of halogens is 1. The molecule has 0 saturated carbocycles. The van der Waals surface area contributed by atoms with Crippen LogP contribution in [0.25, 0.3) is 0 Å². The summed E-state index contributed by atoms with van der Waals surface area (Å²) in [4.78, 5) is 2.14. The minimum Gasteiger partial charge on any atom is -0.368 e. The van der Waals surface area contributed by atoms with Crippen molar-refractivity contribution in [2.24, 2.45) is 5.73 Å². The first-order valence-electron chi connectivity index (χ1n) is 5.92. The lowest BCUT2D eigenvalue weighted by Crippen LogP contribution is -2.25. The number of rotatable bonds is 5. The molecule has 0 aliphatic rings. The Kier molecular flexibility index (Phi) is 4.70. The number of aryl methyl sites for hydroxylation is 1. The summed E-state index contributed by atoms with van der Waals surface area (Å²) in [5.74, 6) is -0.198. The van der Waals surface area contributed by atoms with Gasteiger partial charge in [-0.2, -0.15) is 0 Å². The molecule has 0 heterocycles. The maximum atomic E-state index is 13.6. The minimum atomic E-state index is -0.198. The van der Waals surface area contributed by atoms with Crippen LogP contribution in [0.1, 0.15) is 31.0 Å². The highest BCUT2D eigenvalue weighted by Crippen LogP contribution is 2.28. The number of benzene rings is 1. The zero-order chi connectivity index (χ0) is 13.0. The zero-order valence-electron chi connectivity index (χ0n) is 10.8. The molecule has 1 atom stereocenters. The standard InChI is InChI=1S/C14H21FN2/c1-5-7-17(6-2)14-8-10(3)13(15)9-12(14)11(4)16/h5,8-9,11H,1,6-7,16H2,2-4H3/t11-/m0/s1. The van der Waals surface area contributed by atoms with E-state index in [2.05, 4.69) is 18.4 Å². The summed E-state index contributed by atoms with van der Waals surface area (Å²) in [6.07, 6.45) is 1.84. The summed E-state index contributed by atoms with van der Waals surface area (Å²) in [7, 11) is 0. The summed E-state index contributed by atoms with van der Waals surface area (Å²) >= 11 is 0. The molecule has 0 unspecified atom stereocenters. The summed E-state index contributed by atoms with van der Waals surface area (Å²) in [6, 6.07) is 3.22. The average molecular weight is 236 g/mol. The van der Waals surface area contributed by atoms with Gasteiger partial charge in [-0.25, -0.2) is 4.39 Å². The molecule has 2 N–H and O–H groups in total. The fraction of sp³-hybridized carbons (Fsp3) is 0.429. The Morgan fingerprint density at radius 3 is 2.65 bits per heavy atom. The molecule has 0 radical (unpaired) electrons. The molecule has 0 bridgehead atoms. The van der Waals surface area contributed by atoms with E-state index < -0.39 is 0 Å². The molecule has 0 fully saturated rings. The highest BCUT2D eigenvalue weighted by Gasteiger charge is 2.14. The van der Waals surface area contributed by atoms with E-state index in [-0.39, 0.29) is 11.9 Å². The molecular formula is C14H21FN2. The van der Waals surface area contributed by atoms with Crippen LogP contribution in [0.5, 0.6) is 0 Å². The molecule has 17 heavy (non-hydrogen) atoms. The van der Waals surface area contributed by atoms with Gasteiger partial charge in [-0.05, 0) is 44.0 Å². The topological polar surface area (TPSA) is 29.3 Å². The Hall–Kier alpha value is -1.35. The van der Waals surface area contributed by atoms with Gasteiger partial charge in [0, 0.05) is 24.8 Å². The number of hydrogen-bond donors (Lipinski definition) is 1. The van der Waals surface area contributed by atoms with Crippen LogP contribution in [0.15, 0.2) is 24.8 Å². The van der Waals surface area contributed by atoms with E-state index in [4.69, 9.17) is 5.73 Å². The molecule has 0 aliphatic carbocycles. The van der Waals surface area contributed by atoms with Crippen molar-refractivity contribution in [3.05, 3.63) is 41.7 Å². The summed E-state index contributed by atoms with van der Waals surface area (Å²) in [5.41, 5.74) is 8.39. The fourth-order valence-electron chi connectivity index (χ4n) is 1.87. The molecule has 3 heteroatoms.